The SMILES string of the molecule is CCC(N)(CCN(C)C(=O)OC(C)(C)C)Cc1ccccc1. The number of amides is 1. The molecule has 4 heteroatoms. The van der Waals surface area contributed by atoms with Crippen LogP contribution in [-0.2, 0) is 11.2 Å². The minimum absolute atomic E-state index is 0.300. The number of ether oxygens (including phenoxy) is 1. The van der Waals surface area contributed by atoms with Crippen LogP contribution in [0.5, 0.6) is 0 Å². The number of nitrogens with zero attached hydrogens (tertiary/aromatic N) is 1. The minimum atomic E-state index is -0.472. The normalized spacial score (nSPS) is 14.3. The van der Waals surface area contributed by atoms with Gasteiger partial charge in [-0.2, -0.15) is 0 Å². The molecule has 1 rings (SSSR count). The highest BCUT2D eigenvalue weighted by molar-refractivity contribution is 5.67. The van der Waals surface area contributed by atoms with Gasteiger partial charge in [0, 0.05) is 19.1 Å². The average Bonchev–Trinajstić information content (AvgIpc) is 2.44. The van der Waals surface area contributed by atoms with E-state index in [0.29, 0.717) is 6.54 Å². The number of carbonyl (C=O) groups excluding carboxylic acids is 1. The lowest BCUT2D eigenvalue weighted by Gasteiger charge is -2.31. The monoisotopic (exact) mass is 306 g/mol. The second-order valence-electron chi connectivity index (χ2n) is 7.03. The first-order valence-corrected chi connectivity index (χ1v) is 7.92. The molecule has 0 bridgehead atoms. The molecule has 0 saturated carbocycles. The predicted octanol–water partition coefficient (Wildman–Crippen LogP) is 3.59. The van der Waals surface area contributed by atoms with Gasteiger partial charge in [0.2, 0.25) is 0 Å². The van der Waals surface area contributed by atoms with Gasteiger partial charge in [0.05, 0.1) is 0 Å². The van der Waals surface area contributed by atoms with E-state index in [-0.39, 0.29) is 11.6 Å². The Kier molecular flexibility index (Phi) is 6.42. The first-order valence-electron chi connectivity index (χ1n) is 7.92. The molecule has 0 fully saturated rings. The lowest BCUT2D eigenvalue weighted by atomic mass is 9.86. The van der Waals surface area contributed by atoms with Gasteiger partial charge in [0.1, 0.15) is 5.60 Å². The maximum atomic E-state index is 12.0. The molecule has 22 heavy (non-hydrogen) atoms. The van der Waals surface area contributed by atoms with Crippen molar-refractivity contribution in [1.29, 1.82) is 0 Å². The lowest BCUT2D eigenvalue weighted by molar-refractivity contribution is 0.0287. The van der Waals surface area contributed by atoms with Crippen molar-refractivity contribution in [2.75, 3.05) is 13.6 Å². The van der Waals surface area contributed by atoms with Crippen molar-refractivity contribution in [2.45, 2.75) is 58.1 Å². The topological polar surface area (TPSA) is 55.6 Å². The van der Waals surface area contributed by atoms with Gasteiger partial charge >= 0.3 is 6.09 Å². The highest BCUT2D eigenvalue weighted by Crippen LogP contribution is 2.19. The molecule has 1 aromatic rings. The molecule has 4 nitrogen and oxygen atoms in total. The van der Waals surface area contributed by atoms with E-state index in [0.717, 1.165) is 19.3 Å². The fourth-order valence-corrected chi connectivity index (χ4v) is 2.21. The Morgan fingerprint density at radius 1 is 1.23 bits per heavy atom. The van der Waals surface area contributed by atoms with Crippen LogP contribution in [0, 0.1) is 0 Å². The zero-order chi connectivity index (χ0) is 16.8. The molecule has 0 radical (unpaired) electrons. The van der Waals surface area contributed by atoms with Gasteiger partial charge < -0.3 is 15.4 Å². The smallest absolute Gasteiger partial charge is 0.410 e. The summed E-state index contributed by atoms with van der Waals surface area (Å²) in [5.74, 6) is 0. The fourth-order valence-electron chi connectivity index (χ4n) is 2.21. The van der Waals surface area contributed by atoms with Crippen LogP contribution in [0.3, 0.4) is 0 Å². The molecule has 0 aliphatic carbocycles. The van der Waals surface area contributed by atoms with Crippen LogP contribution in [0.1, 0.15) is 46.1 Å². The molecule has 124 valence electrons. The molecule has 0 heterocycles. The summed E-state index contributed by atoms with van der Waals surface area (Å²) >= 11 is 0. The number of rotatable bonds is 6. The maximum absolute atomic E-state index is 12.0. The Morgan fingerprint density at radius 3 is 2.32 bits per heavy atom. The van der Waals surface area contributed by atoms with Crippen molar-refractivity contribution in [3.05, 3.63) is 35.9 Å². The van der Waals surface area contributed by atoms with Crippen molar-refractivity contribution < 1.29 is 9.53 Å². The largest absolute Gasteiger partial charge is 0.444 e. The summed E-state index contributed by atoms with van der Waals surface area (Å²) in [4.78, 5) is 13.6. The fraction of sp³-hybridized carbons (Fsp3) is 0.611. The molecule has 0 aromatic heterocycles. The van der Waals surface area contributed by atoms with Crippen LogP contribution in [0.25, 0.3) is 0 Å². The van der Waals surface area contributed by atoms with E-state index in [1.165, 1.54) is 5.56 Å². The summed E-state index contributed by atoms with van der Waals surface area (Å²) in [7, 11) is 1.76. The van der Waals surface area contributed by atoms with Gasteiger partial charge in [-0.3, -0.25) is 0 Å². The average molecular weight is 306 g/mol. The van der Waals surface area contributed by atoms with Crippen LogP contribution in [0.15, 0.2) is 30.3 Å². The zero-order valence-electron chi connectivity index (χ0n) is 14.6. The molecular weight excluding hydrogens is 276 g/mol. The van der Waals surface area contributed by atoms with E-state index in [9.17, 15) is 4.79 Å². The summed E-state index contributed by atoms with van der Waals surface area (Å²) in [6, 6.07) is 10.2. The summed E-state index contributed by atoms with van der Waals surface area (Å²) in [5, 5.41) is 0. The molecule has 1 atom stereocenters. The maximum Gasteiger partial charge on any atom is 0.410 e. The summed E-state index contributed by atoms with van der Waals surface area (Å²) in [6.45, 7) is 8.29. The second kappa shape index (κ2) is 7.63. The van der Waals surface area contributed by atoms with Gasteiger partial charge in [-0.15, -0.1) is 0 Å². The standard InChI is InChI=1S/C18H30N2O2/c1-6-18(19,14-15-10-8-7-9-11-15)12-13-20(5)16(21)22-17(2,3)4/h7-11H,6,12-14,19H2,1-5H3. The third-order valence-corrected chi connectivity index (χ3v) is 3.75. The van der Waals surface area contributed by atoms with E-state index in [4.69, 9.17) is 10.5 Å². The molecule has 1 amide bonds. The molecule has 2 N–H and O–H groups in total. The van der Waals surface area contributed by atoms with Crippen LogP contribution >= 0.6 is 0 Å². The molecule has 0 saturated heterocycles. The number of nitrogens with two attached hydrogens (primary N) is 1. The Bertz CT molecular complexity index is 468. The molecule has 0 aliphatic rings. The van der Waals surface area contributed by atoms with Gasteiger partial charge in [-0.1, -0.05) is 37.3 Å². The van der Waals surface area contributed by atoms with E-state index in [2.05, 4.69) is 19.1 Å². The Morgan fingerprint density at radius 2 is 1.82 bits per heavy atom. The highest BCUT2D eigenvalue weighted by Gasteiger charge is 2.26. The number of hydrogen-bond donors (Lipinski definition) is 1. The van der Waals surface area contributed by atoms with E-state index >= 15 is 0 Å². The predicted molar refractivity (Wildman–Crippen MR) is 90.8 cm³/mol. The Balaban J connectivity index is 2.57. The van der Waals surface area contributed by atoms with Crippen molar-refractivity contribution in [1.82, 2.24) is 4.90 Å². The molecule has 1 aromatic carbocycles. The van der Waals surface area contributed by atoms with Gasteiger partial charge in [-0.05, 0) is 45.6 Å². The minimum Gasteiger partial charge on any atom is -0.444 e. The molecular formula is C18H30N2O2. The van der Waals surface area contributed by atoms with Crippen molar-refractivity contribution in [2.24, 2.45) is 5.73 Å². The van der Waals surface area contributed by atoms with Gasteiger partial charge in [-0.25, -0.2) is 4.79 Å². The van der Waals surface area contributed by atoms with Crippen LogP contribution in [-0.4, -0.2) is 35.7 Å². The molecule has 0 spiro atoms. The van der Waals surface area contributed by atoms with Crippen molar-refractivity contribution >= 4 is 6.09 Å². The Hall–Kier alpha value is -1.55. The van der Waals surface area contributed by atoms with Crippen LogP contribution in [0.4, 0.5) is 4.79 Å². The van der Waals surface area contributed by atoms with E-state index in [1.54, 1.807) is 11.9 Å². The third kappa shape index (κ3) is 6.48. The second-order valence-corrected chi connectivity index (χ2v) is 7.03. The first-order chi connectivity index (χ1) is 10.2. The number of hydrogen-bond acceptors (Lipinski definition) is 3. The Labute approximate surface area is 134 Å². The zero-order valence-corrected chi connectivity index (χ0v) is 14.6. The van der Waals surface area contributed by atoms with Gasteiger partial charge in [0.15, 0.2) is 0 Å². The molecule has 1 unspecified atom stereocenters. The van der Waals surface area contributed by atoms with E-state index < -0.39 is 5.60 Å². The van der Waals surface area contributed by atoms with Gasteiger partial charge in [0.25, 0.3) is 0 Å². The first kappa shape index (κ1) is 18.5. The lowest BCUT2D eigenvalue weighted by Crippen LogP contribution is -2.45. The summed E-state index contributed by atoms with van der Waals surface area (Å²) in [6.07, 6.45) is 2.12. The van der Waals surface area contributed by atoms with Crippen LogP contribution < -0.4 is 5.73 Å². The quantitative estimate of drug-likeness (QED) is 0.873. The van der Waals surface area contributed by atoms with Crippen LogP contribution in [0.2, 0.25) is 0 Å². The van der Waals surface area contributed by atoms with Crippen molar-refractivity contribution in [3.63, 3.8) is 0 Å². The number of benzene rings is 1. The highest BCUT2D eigenvalue weighted by atomic mass is 16.6. The van der Waals surface area contributed by atoms with E-state index in [1.807, 2.05) is 39.0 Å². The van der Waals surface area contributed by atoms with Crippen molar-refractivity contribution in [3.8, 4) is 0 Å². The third-order valence-electron chi connectivity index (χ3n) is 3.75. The number of carbonyl (C=O) groups is 1. The summed E-state index contributed by atoms with van der Waals surface area (Å²) < 4.78 is 5.36. The summed E-state index contributed by atoms with van der Waals surface area (Å²) in [5.41, 5.74) is 6.97. The molecule has 0 aliphatic heterocycles.